The SMILES string of the molecule is CC/C(=C\c1ccoc1)C(=O)O. The van der Waals surface area contributed by atoms with Crippen LogP contribution in [-0.2, 0) is 4.79 Å². The van der Waals surface area contributed by atoms with Crippen molar-refractivity contribution in [1.82, 2.24) is 0 Å². The predicted octanol–water partition coefficient (Wildman–Crippen LogP) is 2.16. The van der Waals surface area contributed by atoms with E-state index in [2.05, 4.69) is 0 Å². The average molecular weight is 166 g/mol. The van der Waals surface area contributed by atoms with E-state index in [1.807, 2.05) is 0 Å². The second-order valence-corrected chi connectivity index (χ2v) is 2.38. The number of furan rings is 1. The molecule has 1 aromatic rings. The zero-order chi connectivity index (χ0) is 8.97. The molecule has 0 saturated carbocycles. The molecule has 0 aliphatic heterocycles. The van der Waals surface area contributed by atoms with Gasteiger partial charge in [0.15, 0.2) is 0 Å². The summed E-state index contributed by atoms with van der Waals surface area (Å²) < 4.78 is 4.80. The van der Waals surface area contributed by atoms with Gasteiger partial charge in [0.05, 0.1) is 12.5 Å². The highest BCUT2D eigenvalue weighted by molar-refractivity contribution is 5.91. The minimum Gasteiger partial charge on any atom is -0.478 e. The molecule has 1 aromatic heterocycles. The van der Waals surface area contributed by atoms with Gasteiger partial charge in [-0.05, 0) is 18.6 Å². The Labute approximate surface area is 70.3 Å². The Hall–Kier alpha value is -1.51. The number of hydrogen-bond donors (Lipinski definition) is 1. The molecule has 0 aliphatic rings. The van der Waals surface area contributed by atoms with Gasteiger partial charge in [-0.25, -0.2) is 4.79 Å². The quantitative estimate of drug-likeness (QED) is 0.700. The molecule has 0 bridgehead atoms. The standard InChI is InChI=1S/C9H10O3/c1-2-8(9(10)11)5-7-3-4-12-6-7/h3-6H,2H2,1H3,(H,10,11)/b8-5+. The van der Waals surface area contributed by atoms with Gasteiger partial charge < -0.3 is 9.52 Å². The van der Waals surface area contributed by atoms with Crippen molar-refractivity contribution < 1.29 is 14.3 Å². The first-order valence-corrected chi connectivity index (χ1v) is 3.70. The van der Waals surface area contributed by atoms with Gasteiger partial charge in [-0.2, -0.15) is 0 Å². The van der Waals surface area contributed by atoms with Crippen molar-refractivity contribution in [2.24, 2.45) is 0 Å². The number of carbonyl (C=O) groups is 1. The third-order valence-electron chi connectivity index (χ3n) is 1.54. The van der Waals surface area contributed by atoms with Crippen LogP contribution in [0.25, 0.3) is 6.08 Å². The highest BCUT2D eigenvalue weighted by atomic mass is 16.4. The first kappa shape index (κ1) is 8.59. The first-order valence-electron chi connectivity index (χ1n) is 3.70. The molecule has 0 spiro atoms. The van der Waals surface area contributed by atoms with Crippen molar-refractivity contribution >= 4 is 12.0 Å². The summed E-state index contributed by atoms with van der Waals surface area (Å²) in [7, 11) is 0. The molecule has 0 fully saturated rings. The van der Waals surface area contributed by atoms with Crippen LogP contribution in [0.3, 0.4) is 0 Å². The van der Waals surface area contributed by atoms with E-state index in [0.717, 1.165) is 5.56 Å². The lowest BCUT2D eigenvalue weighted by atomic mass is 10.1. The van der Waals surface area contributed by atoms with Crippen LogP contribution in [0, 0.1) is 0 Å². The molecule has 3 nitrogen and oxygen atoms in total. The zero-order valence-electron chi connectivity index (χ0n) is 6.78. The summed E-state index contributed by atoms with van der Waals surface area (Å²) in [4.78, 5) is 10.6. The lowest BCUT2D eigenvalue weighted by Crippen LogP contribution is -1.98. The highest BCUT2D eigenvalue weighted by Gasteiger charge is 2.03. The maximum absolute atomic E-state index is 10.6. The molecule has 1 N–H and O–H groups in total. The van der Waals surface area contributed by atoms with Crippen LogP contribution >= 0.6 is 0 Å². The first-order chi connectivity index (χ1) is 5.74. The molecule has 1 heterocycles. The normalized spacial score (nSPS) is 11.6. The fourth-order valence-corrected chi connectivity index (χ4v) is 0.873. The van der Waals surface area contributed by atoms with E-state index in [1.54, 1.807) is 19.1 Å². The van der Waals surface area contributed by atoms with Crippen LogP contribution in [0.5, 0.6) is 0 Å². The molecule has 64 valence electrons. The van der Waals surface area contributed by atoms with Crippen molar-refractivity contribution in [3.05, 3.63) is 29.7 Å². The van der Waals surface area contributed by atoms with Crippen molar-refractivity contribution in [1.29, 1.82) is 0 Å². The Balaban J connectivity index is 2.85. The van der Waals surface area contributed by atoms with E-state index >= 15 is 0 Å². The van der Waals surface area contributed by atoms with Crippen molar-refractivity contribution in [3.8, 4) is 0 Å². The van der Waals surface area contributed by atoms with Gasteiger partial charge in [0.25, 0.3) is 0 Å². The summed E-state index contributed by atoms with van der Waals surface area (Å²) in [6, 6.07) is 1.72. The Morgan fingerprint density at radius 2 is 2.50 bits per heavy atom. The molecular weight excluding hydrogens is 156 g/mol. The number of hydrogen-bond acceptors (Lipinski definition) is 2. The lowest BCUT2D eigenvalue weighted by molar-refractivity contribution is -0.132. The summed E-state index contributed by atoms with van der Waals surface area (Å²) >= 11 is 0. The second-order valence-electron chi connectivity index (χ2n) is 2.38. The summed E-state index contributed by atoms with van der Waals surface area (Å²) in [5.74, 6) is -0.876. The van der Waals surface area contributed by atoms with E-state index in [0.29, 0.717) is 12.0 Å². The minimum absolute atomic E-state index is 0.386. The number of aliphatic carboxylic acids is 1. The highest BCUT2D eigenvalue weighted by Crippen LogP contribution is 2.09. The van der Waals surface area contributed by atoms with Gasteiger partial charge >= 0.3 is 5.97 Å². The van der Waals surface area contributed by atoms with Gasteiger partial charge in [-0.3, -0.25) is 0 Å². The van der Waals surface area contributed by atoms with Gasteiger partial charge in [-0.15, -0.1) is 0 Å². The van der Waals surface area contributed by atoms with Crippen LogP contribution in [-0.4, -0.2) is 11.1 Å². The molecular formula is C9H10O3. The van der Waals surface area contributed by atoms with Gasteiger partial charge in [-0.1, -0.05) is 6.92 Å². The summed E-state index contributed by atoms with van der Waals surface area (Å²) in [6.45, 7) is 1.81. The largest absolute Gasteiger partial charge is 0.478 e. The molecule has 0 saturated heterocycles. The molecule has 0 atom stereocenters. The molecule has 1 rings (SSSR count). The number of rotatable bonds is 3. The minimum atomic E-state index is -0.876. The Morgan fingerprint density at radius 1 is 1.75 bits per heavy atom. The number of carboxylic acid groups (broad SMARTS) is 1. The fraction of sp³-hybridized carbons (Fsp3) is 0.222. The van der Waals surface area contributed by atoms with Crippen LogP contribution in [0.1, 0.15) is 18.9 Å². The Morgan fingerprint density at radius 3 is 2.92 bits per heavy atom. The summed E-state index contributed by atoms with van der Waals surface area (Å²) in [5.41, 5.74) is 1.17. The smallest absolute Gasteiger partial charge is 0.331 e. The predicted molar refractivity (Wildman–Crippen MR) is 44.6 cm³/mol. The maximum atomic E-state index is 10.6. The average Bonchev–Trinajstić information content (AvgIpc) is 2.51. The van der Waals surface area contributed by atoms with Gasteiger partial charge in [0, 0.05) is 11.1 Å². The zero-order valence-corrected chi connectivity index (χ0v) is 6.78. The maximum Gasteiger partial charge on any atom is 0.331 e. The molecule has 0 aromatic carbocycles. The van der Waals surface area contributed by atoms with E-state index in [9.17, 15) is 4.79 Å². The molecule has 0 radical (unpaired) electrons. The second kappa shape index (κ2) is 3.76. The third kappa shape index (κ3) is 1.99. The molecule has 0 unspecified atom stereocenters. The van der Waals surface area contributed by atoms with Crippen LogP contribution in [0.2, 0.25) is 0 Å². The van der Waals surface area contributed by atoms with Gasteiger partial charge in [0.1, 0.15) is 0 Å². The third-order valence-corrected chi connectivity index (χ3v) is 1.54. The van der Waals surface area contributed by atoms with Crippen LogP contribution in [0.4, 0.5) is 0 Å². The Kier molecular flexibility index (Phi) is 2.69. The lowest BCUT2D eigenvalue weighted by Gasteiger charge is -1.94. The number of carboxylic acids is 1. The molecule has 12 heavy (non-hydrogen) atoms. The fourth-order valence-electron chi connectivity index (χ4n) is 0.873. The Bertz CT molecular complexity index is 283. The topological polar surface area (TPSA) is 50.4 Å². The van der Waals surface area contributed by atoms with E-state index in [-0.39, 0.29) is 0 Å². The van der Waals surface area contributed by atoms with Crippen LogP contribution < -0.4 is 0 Å². The molecule has 0 aliphatic carbocycles. The summed E-state index contributed by atoms with van der Waals surface area (Å²) in [5, 5.41) is 8.67. The van der Waals surface area contributed by atoms with Crippen molar-refractivity contribution in [2.75, 3.05) is 0 Å². The van der Waals surface area contributed by atoms with Crippen LogP contribution in [0.15, 0.2) is 28.6 Å². The molecule has 0 amide bonds. The van der Waals surface area contributed by atoms with Crippen molar-refractivity contribution in [2.45, 2.75) is 13.3 Å². The van der Waals surface area contributed by atoms with Crippen molar-refractivity contribution in [3.63, 3.8) is 0 Å². The molecule has 3 heteroatoms. The monoisotopic (exact) mass is 166 g/mol. The van der Waals surface area contributed by atoms with Gasteiger partial charge in [0.2, 0.25) is 0 Å². The van der Waals surface area contributed by atoms with E-state index in [1.165, 1.54) is 12.5 Å². The van der Waals surface area contributed by atoms with E-state index in [4.69, 9.17) is 9.52 Å². The van der Waals surface area contributed by atoms with E-state index < -0.39 is 5.97 Å². The summed E-state index contributed by atoms with van der Waals surface area (Å²) in [6.07, 6.45) is 5.14.